The van der Waals surface area contributed by atoms with Crippen molar-refractivity contribution in [1.29, 1.82) is 0 Å². The Labute approximate surface area is 122 Å². The van der Waals surface area contributed by atoms with E-state index in [1.807, 2.05) is 0 Å². The summed E-state index contributed by atoms with van der Waals surface area (Å²) in [5.41, 5.74) is 1.41. The first-order chi connectivity index (χ1) is 9.45. The van der Waals surface area contributed by atoms with Crippen LogP contribution in [0.25, 0.3) is 0 Å². The molecule has 1 saturated carbocycles. The van der Waals surface area contributed by atoms with Gasteiger partial charge in [0.05, 0.1) is 5.69 Å². The van der Waals surface area contributed by atoms with E-state index in [4.69, 9.17) is 5.10 Å². The van der Waals surface area contributed by atoms with Crippen molar-refractivity contribution >= 4 is 0 Å². The molecule has 4 nitrogen and oxygen atoms in total. The van der Waals surface area contributed by atoms with Crippen molar-refractivity contribution < 1.29 is 0 Å². The van der Waals surface area contributed by atoms with Gasteiger partial charge >= 0.3 is 0 Å². The summed E-state index contributed by atoms with van der Waals surface area (Å²) in [5, 5.41) is 8.45. The number of hydrogen-bond acceptors (Lipinski definition) is 3. The number of hydrogen-bond donors (Lipinski definition) is 1. The van der Waals surface area contributed by atoms with Gasteiger partial charge in [-0.2, -0.15) is 5.10 Å². The Kier molecular flexibility index (Phi) is 3.63. The maximum absolute atomic E-state index is 4.71. The van der Waals surface area contributed by atoms with Crippen LogP contribution in [0.5, 0.6) is 0 Å². The molecule has 4 heteroatoms. The van der Waals surface area contributed by atoms with Crippen molar-refractivity contribution in [3.8, 4) is 0 Å². The molecular weight excluding hydrogens is 248 g/mol. The summed E-state index contributed by atoms with van der Waals surface area (Å²) in [6, 6.07) is 3.30. The molecule has 2 fully saturated rings. The van der Waals surface area contributed by atoms with Crippen molar-refractivity contribution in [3.05, 3.63) is 18.0 Å². The van der Waals surface area contributed by atoms with Gasteiger partial charge in [0.25, 0.3) is 0 Å². The standard InChI is InChI=1S/C16H28N4/c1-12(2)20-8-7-14(18-20)9-19-10-15(13-5-6-13)17-11-16(19,3)4/h7-8,12-13,15,17H,5-6,9-11H2,1-4H3. The molecular formula is C16H28N4. The largest absolute Gasteiger partial charge is 0.311 e. The molecule has 0 aromatic carbocycles. The monoisotopic (exact) mass is 276 g/mol. The lowest BCUT2D eigenvalue weighted by molar-refractivity contribution is 0.0520. The second-order valence-corrected chi connectivity index (χ2v) is 7.40. The summed E-state index contributed by atoms with van der Waals surface area (Å²) in [4.78, 5) is 2.61. The molecule has 1 aromatic heterocycles. The third kappa shape index (κ3) is 2.91. The third-order valence-corrected chi connectivity index (χ3v) is 4.81. The van der Waals surface area contributed by atoms with E-state index in [0.29, 0.717) is 12.1 Å². The van der Waals surface area contributed by atoms with Gasteiger partial charge in [-0.3, -0.25) is 9.58 Å². The Balaban J connectivity index is 1.68. The summed E-state index contributed by atoms with van der Waals surface area (Å²) >= 11 is 0. The second kappa shape index (κ2) is 5.15. The predicted octanol–water partition coefficient (Wildman–Crippen LogP) is 2.43. The molecule has 0 radical (unpaired) electrons. The molecule has 2 heterocycles. The lowest BCUT2D eigenvalue weighted by Crippen LogP contribution is -2.62. The van der Waals surface area contributed by atoms with E-state index in [1.54, 1.807) is 0 Å². The lowest BCUT2D eigenvalue weighted by atomic mass is 9.95. The highest BCUT2D eigenvalue weighted by atomic mass is 15.3. The zero-order chi connectivity index (χ0) is 14.3. The number of rotatable bonds is 4. The Morgan fingerprint density at radius 3 is 2.75 bits per heavy atom. The van der Waals surface area contributed by atoms with Gasteiger partial charge in [-0.15, -0.1) is 0 Å². The molecule has 1 unspecified atom stereocenters. The molecule has 1 atom stereocenters. The van der Waals surface area contributed by atoms with Crippen molar-refractivity contribution in [2.45, 2.75) is 64.7 Å². The summed E-state index contributed by atoms with van der Waals surface area (Å²) < 4.78 is 2.06. The second-order valence-electron chi connectivity index (χ2n) is 7.40. The van der Waals surface area contributed by atoms with Crippen LogP contribution < -0.4 is 5.32 Å². The van der Waals surface area contributed by atoms with Gasteiger partial charge in [-0.05, 0) is 52.5 Å². The zero-order valence-corrected chi connectivity index (χ0v) is 13.3. The van der Waals surface area contributed by atoms with Crippen LogP contribution >= 0.6 is 0 Å². The van der Waals surface area contributed by atoms with Crippen LogP contribution in [-0.2, 0) is 6.54 Å². The van der Waals surface area contributed by atoms with Crippen LogP contribution in [0.1, 0.15) is 52.3 Å². The van der Waals surface area contributed by atoms with Gasteiger partial charge in [-0.1, -0.05) is 0 Å². The van der Waals surface area contributed by atoms with Gasteiger partial charge in [0, 0.05) is 43.5 Å². The van der Waals surface area contributed by atoms with E-state index >= 15 is 0 Å². The number of aromatic nitrogens is 2. The molecule has 3 rings (SSSR count). The molecule has 1 aromatic rings. The highest BCUT2D eigenvalue weighted by molar-refractivity contribution is 5.04. The Hall–Kier alpha value is -0.870. The first-order valence-corrected chi connectivity index (χ1v) is 7.98. The van der Waals surface area contributed by atoms with Gasteiger partial charge in [0.15, 0.2) is 0 Å². The van der Waals surface area contributed by atoms with E-state index in [-0.39, 0.29) is 5.54 Å². The molecule has 0 spiro atoms. The van der Waals surface area contributed by atoms with E-state index in [1.165, 1.54) is 18.5 Å². The number of nitrogens with zero attached hydrogens (tertiary/aromatic N) is 3. The Morgan fingerprint density at radius 1 is 1.40 bits per heavy atom. The molecule has 1 aliphatic heterocycles. The number of nitrogens with one attached hydrogen (secondary N) is 1. The SMILES string of the molecule is CC(C)n1ccc(CN2CC(C3CC3)NCC2(C)C)n1. The minimum atomic E-state index is 0.215. The average molecular weight is 276 g/mol. The summed E-state index contributed by atoms with van der Waals surface area (Å²) in [6.45, 7) is 12.2. The van der Waals surface area contributed by atoms with E-state index in [0.717, 1.165) is 25.6 Å². The van der Waals surface area contributed by atoms with Gasteiger partial charge in [-0.25, -0.2) is 0 Å². The van der Waals surface area contributed by atoms with E-state index in [2.05, 4.69) is 54.9 Å². The first kappa shape index (κ1) is 14.1. The number of piperazine rings is 1. The summed E-state index contributed by atoms with van der Waals surface area (Å²) in [6.07, 6.45) is 4.93. The molecule has 1 N–H and O–H groups in total. The van der Waals surface area contributed by atoms with E-state index in [9.17, 15) is 0 Å². The first-order valence-electron chi connectivity index (χ1n) is 7.98. The maximum Gasteiger partial charge on any atom is 0.0765 e. The molecule has 1 aliphatic carbocycles. The lowest BCUT2D eigenvalue weighted by Gasteiger charge is -2.46. The van der Waals surface area contributed by atoms with Crippen LogP contribution in [0.3, 0.4) is 0 Å². The van der Waals surface area contributed by atoms with Crippen LogP contribution in [0.15, 0.2) is 12.3 Å². The van der Waals surface area contributed by atoms with Crippen LogP contribution in [0.2, 0.25) is 0 Å². The topological polar surface area (TPSA) is 33.1 Å². The quantitative estimate of drug-likeness (QED) is 0.917. The average Bonchev–Trinajstić information content (AvgIpc) is 3.11. The minimum Gasteiger partial charge on any atom is -0.311 e. The van der Waals surface area contributed by atoms with Crippen molar-refractivity contribution in [1.82, 2.24) is 20.0 Å². The normalized spacial score (nSPS) is 27.1. The minimum absolute atomic E-state index is 0.215. The van der Waals surface area contributed by atoms with Crippen molar-refractivity contribution in [2.24, 2.45) is 5.92 Å². The van der Waals surface area contributed by atoms with Crippen LogP contribution in [0, 0.1) is 5.92 Å². The smallest absolute Gasteiger partial charge is 0.0765 e. The fourth-order valence-corrected chi connectivity index (χ4v) is 3.08. The van der Waals surface area contributed by atoms with Gasteiger partial charge < -0.3 is 5.32 Å². The van der Waals surface area contributed by atoms with Crippen molar-refractivity contribution in [3.63, 3.8) is 0 Å². The Bertz CT molecular complexity index is 459. The van der Waals surface area contributed by atoms with Crippen molar-refractivity contribution in [2.75, 3.05) is 13.1 Å². The van der Waals surface area contributed by atoms with Crippen LogP contribution in [-0.4, -0.2) is 39.4 Å². The van der Waals surface area contributed by atoms with Crippen LogP contribution in [0.4, 0.5) is 0 Å². The zero-order valence-electron chi connectivity index (χ0n) is 13.3. The summed E-state index contributed by atoms with van der Waals surface area (Å²) in [7, 11) is 0. The van der Waals surface area contributed by atoms with Gasteiger partial charge in [0.1, 0.15) is 0 Å². The third-order valence-electron chi connectivity index (χ3n) is 4.81. The van der Waals surface area contributed by atoms with Gasteiger partial charge in [0.2, 0.25) is 0 Å². The van der Waals surface area contributed by atoms with E-state index < -0.39 is 0 Å². The fourth-order valence-electron chi connectivity index (χ4n) is 3.08. The molecule has 112 valence electrons. The highest BCUT2D eigenvalue weighted by Crippen LogP contribution is 2.36. The Morgan fingerprint density at radius 2 is 2.15 bits per heavy atom. The molecule has 1 saturated heterocycles. The fraction of sp³-hybridized carbons (Fsp3) is 0.812. The molecule has 2 aliphatic rings. The summed E-state index contributed by atoms with van der Waals surface area (Å²) in [5.74, 6) is 0.918. The maximum atomic E-state index is 4.71. The molecule has 0 amide bonds. The predicted molar refractivity (Wildman–Crippen MR) is 81.6 cm³/mol. The highest BCUT2D eigenvalue weighted by Gasteiger charge is 2.40. The molecule has 20 heavy (non-hydrogen) atoms. The molecule has 0 bridgehead atoms.